The number of piperazine rings is 1. The number of hydrogen-bond acceptors (Lipinski definition) is 5. The average molecular weight is 462 g/mol. The van der Waals surface area contributed by atoms with Gasteiger partial charge in [-0.25, -0.2) is 9.18 Å². The molecule has 2 atom stereocenters. The van der Waals surface area contributed by atoms with Crippen molar-refractivity contribution >= 4 is 23.1 Å². The quantitative estimate of drug-likeness (QED) is 0.646. The Bertz CT molecular complexity index is 899. The summed E-state index contributed by atoms with van der Waals surface area (Å²) in [6.07, 6.45) is -0.351. The highest BCUT2D eigenvalue weighted by molar-refractivity contribution is 7.90. The topological polar surface area (TPSA) is 67.9 Å². The number of carbonyl (C=O) groups excluding carboxylic acids is 1. The number of halogens is 1. The smallest absolute Gasteiger partial charge is 0.410 e. The second kappa shape index (κ2) is 10.6. The number of hydrogen-bond donors (Lipinski definition) is 1. The first-order valence-electron chi connectivity index (χ1n) is 10.8. The molecule has 1 aliphatic heterocycles. The number of carbonyl (C=O) groups is 1. The van der Waals surface area contributed by atoms with Crippen LogP contribution in [0.4, 0.5) is 14.9 Å². The minimum atomic E-state index is -1.24. The van der Waals surface area contributed by atoms with Crippen molar-refractivity contribution in [1.82, 2.24) is 9.62 Å². The summed E-state index contributed by atoms with van der Waals surface area (Å²) in [7, 11) is 0. The van der Waals surface area contributed by atoms with E-state index in [4.69, 9.17) is 4.74 Å². The first-order chi connectivity index (χ1) is 15.1. The summed E-state index contributed by atoms with van der Waals surface area (Å²) >= 11 is -1.24. The molecule has 1 fully saturated rings. The van der Waals surface area contributed by atoms with Crippen molar-refractivity contribution in [2.45, 2.75) is 45.1 Å². The second-order valence-corrected chi connectivity index (χ2v) is 10.9. The minimum Gasteiger partial charge on any atom is -0.598 e. The highest BCUT2D eigenvalue weighted by Gasteiger charge is 2.29. The van der Waals surface area contributed by atoms with Crippen molar-refractivity contribution < 1.29 is 18.5 Å². The molecule has 1 aliphatic rings. The zero-order chi connectivity index (χ0) is 23.3. The summed E-state index contributed by atoms with van der Waals surface area (Å²) in [5, 5.41) is 0. The van der Waals surface area contributed by atoms with Crippen LogP contribution < -0.4 is 9.62 Å². The van der Waals surface area contributed by atoms with E-state index in [9.17, 15) is 13.7 Å². The maximum Gasteiger partial charge on any atom is 0.410 e. The van der Waals surface area contributed by atoms with Crippen LogP contribution in [0.3, 0.4) is 0 Å². The zero-order valence-corrected chi connectivity index (χ0v) is 20.0. The first-order valence-corrected chi connectivity index (χ1v) is 12.0. The van der Waals surface area contributed by atoms with E-state index in [1.165, 1.54) is 6.07 Å². The van der Waals surface area contributed by atoms with Gasteiger partial charge >= 0.3 is 6.09 Å². The van der Waals surface area contributed by atoms with Crippen molar-refractivity contribution in [2.75, 3.05) is 31.1 Å². The lowest BCUT2D eigenvalue weighted by atomic mass is 10.1. The lowest BCUT2D eigenvalue weighted by Gasteiger charge is -2.35. The molecule has 1 saturated heterocycles. The summed E-state index contributed by atoms with van der Waals surface area (Å²) in [5.74, 6) is -0.321. The molecule has 0 radical (unpaired) electrons. The van der Waals surface area contributed by atoms with Gasteiger partial charge in [-0.1, -0.05) is 36.4 Å². The zero-order valence-electron chi connectivity index (χ0n) is 19.1. The maximum atomic E-state index is 14.9. The molecule has 2 aromatic rings. The number of nitrogens with zero attached hydrogens (tertiary/aromatic N) is 2. The molecule has 174 valence electrons. The molecule has 1 heterocycles. The van der Waals surface area contributed by atoms with E-state index in [2.05, 4.69) is 4.72 Å². The molecule has 8 heteroatoms. The summed E-state index contributed by atoms with van der Waals surface area (Å²) in [6.45, 7) is 9.78. The maximum absolute atomic E-state index is 14.9. The summed E-state index contributed by atoms with van der Waals surface area (Å²) < 4.78 is 35.2. The van der Waals surface area contributed by atoms with Crippen LogP contribution in [0.1, 0.15) is 44.9 Å². The van der Waals surface area contributed by atoms with Crippen LogP contribution in [0.2, 0.25) is 0 Å². The Morgan fingerprint density at radius 2 is 1.81 bits per heavy atom. The Hall–Kier alpha value is -2.29. The molecule has 0 aliphatic carbocycles. The van der Waals surface area contributed by atoms with Crippen molar-refractivity contribution in [2.24, 2.45) is 0 Å². The van der Waals surface area contributed by atoms with E-state index in [0.717, 1.165) is 11.1 Å². The number of nitrogens with one attached hydrogen (secondary N) is 1. The van der Waals surface area contributed by atoms with Crippen molar-refractivity contribution in [3.63, 3.8) is 0 Å². The predicted octanol–water partition coefficient (Wildman–Crippen LogP) is 4.40. The standard InChI is InChI=1S/C24H32FN3O3S/c1-18(26-32(30)24(2,3)4)20-10-11-22(21(25)16-20)27-12-14-28(15-13-27)23(29)31-17-19-8-6-5-7-9-19/h5-11,16,18,26H,12-15,17H2,1-4H3. The van der Waals surface area contributed by atoms with Crippen LogP contribution in [-0.4, -0.2) is 46.5 Å². The van der Waals surface area contributed by atoms with Gasteiger partial charge in [-0.3, -0.25) is 0 Å². The van der Waals surface area contributed by atoms with Gasteiger partial charge in [-0.15, -0.1) is 4.72 Å². The van der Waals surface area contributed by atoms with Crippen LogP contribution in [0.25, 0.3) is 0 Å². The van der Waals surface area contributed by atoms with Crippen LogP contribution in [-0.2, 0) is 22.7 Å². The van der Waals surface area contributed by atoms with Crippen molar-refractivity contribution in [3.05, 3.63) is 65.5 Å². The number of rotatable bonds is 6. The minimum absolute atomic E-state index is 0.238. The molecule has 0 bridgehead atoms. The molecule has 32 heavy (non-hydrogen) atoms. The fourth-order valence-corrected chi connectivity index (χ4v) is 4.21. The second-order valence-electron chi connectivity index (χ2n) is 8.95. The molecular formula is C24H32FN3O3S. The Labute approximate surface area is 193 Å². The molecule has 6 nitrogen and oxygen atoms in total. The van der Waals surface area contributed by atoms with E-state index in [1.54, 1.807) is 11.0 Å². The molecule has 1 N–H and O–H groups in total. The van der Waals surface area contributed by atoms with Gasteiger partial charge in [0.25, 0.3) is 0 Å². The van der Waals surface area contributed by atoms with Crippen LogP contribution >= 0.6 is 0 Å². The highest BCUT2D eigenvalue weighted by Crippen LogP contribution is 2.26. The van der Waals surface area contributed by atoms with Crippen LogP contribution in [0, 0.1) is 5.82 Å². The molecule has 1 amide bonds. The molecule has 0 aromatic heterocycles. The normalized spacial score (nSPS) is 16.6. The van der Waals surface area contributed by atoms with Crippen LogP contribution in [0.15, 0.2) is 48.5 Å². The van der Waals surface area contributed by atoms with Gasteiger partial charge in [-0.2, -0.15) is 0 Å². The van der Waals surface area contributed by atoms with E-state index in [1.807, 2.05) is 69.0 Å². The van der Waals surface area contributed by atoms with Gasteiger partial charge in [0, 0.05) is 37.5 Å². The van der Waals surface area contributed by atoms with E-state index in [-0.39, 0.29) is 24.6 Å². The SMILES string of the molecule is CC(N[S+]([O-])C(C)(C)C)c1ccc(N2CCN(C(=O)OCc3ccccc3)CC2)c(F)c1. The number of amides is 1. The van der Waals surface area contributed by atoms with Gasteiger partial charge in [0.1, 0.15) is 17.2 Å². The third kappa shape index (κ3) is 6.37. The van der Waals surface area contributed by atoms with Gasteiger partial charge in [-0.05, 0) is 51.0 Å². The Balaban J connectivity index is 1.53. The fourth-order valence-electron chi connectivity index (χ4n) is 3.39. The Kier molecular flexibility index (Phi) is 8.03. The summed E-state index contributed by atoms with van der Waals surface area (Å²) in [4.78, 5) is 15.9. The van der Waals surface area contributed by atoms with Crippen LogP contribution in [0.5, 0.6) is 0 Å². The first kappa shape index (κ1) is 24.4. The monoisotopic (exact) mass is 461 g/mol. The summed E-state index contributed by atoms with van der Waals surface area (Å²) in [5.41, 5.74) is 2.19. The summed E-state index contributed by atoms with van der Waals surface area (Å²) in [6, 6.07) is 14.4. The molecule has 3 rings (SSSR count). The predicted molar refractivity (Wildman–Crippen MR) is 126 cm³/mol. The van der Waals surface area contributed by atoms with E-state index in [0.29, 0.717) is 31.9 Å². The van der Waals surface area contributed by atoms with Gasteiger partial charge in [0.2, 0.25) is 0 Å². The van der Waals surface area contributed by atoms with Gasteiger partial charge in [0.15, 0.2) is 0 Å². The van der Waals surface area contributed by atoms with E-state index >= 15 is 0 Å². The number of benzene rings is 2. The number of anilines is 1. The lowest BCUT2D eigenvalue weighted by molar-refractivity contribution is 0.0941. The molecular weight excluding hydrogens is 429 g/mol. The Morgan fingerprint density at radius 1 is 1.16 bits per heavy atom. The largest absolute Gasteiger partial charge is 0.598 e. The molecule has 2 aromatic carbocycles. The number of ether oxygens (including phenoxy) is 1. The molecule has 2 unspecified atom stereocenters. The highest BCUT2D eigenvalue weighted by atomic mass is 32.2. The van der Waals surface area contributed by atoms with Crippen molar-refractivity contribution in [1.29, 1.82) is 0 Å². The van der Waals surface area contributed by atoms with E-state index < -0.39 is 16.1 Å². The average Bonchev–Trinajstić information content (AvgIpc) is 2.77. The van der Waals surface area contributed by atoms with Gasteiger partial charge in [0.05, 0.1) is 11.7 Å². The van der Waals surface area contributed by atoms with Crippen molar-refractivity contribution in [3.8, 4) is 0 Å². The Morgan fingerprint density at radius 3 is 2.41 bits per heavy atom. The fraction of sp³-hybridized carbons (Fsp3) is 0.458. The molecule has 0 spiro atoms. The lowest BCUT2D eigenvalue weighted by Crippen LogP contribution is -2.49. The molecule has 0 saturated carbocycles. The third-order valence-electron chi connectivity index (χ3n) is 5.40. The third-order valence-corrected chi connectivity index (χ3v) is 7.08. The van der Waals surface area contributed by atoms with Gasteiger partial charge < -0.3 is 19.1 Å².